The summed E-state index contributed by atoms with van der Waals surface area (Å²) in [7, 11) is 0. The molecule has 3 aromatic heterocycles. The predicted octanol–water partition coefficient (Wildman–Crippen LogP) is 2.94. The fourth-order valence-corrected chi connectivity index (χ4v) is 2.73. The largest absolute Gasteiger partial charge is 0.462 e. The molecule has 3 rings (SSSR count). The van der Waals surface area contributed by atoms with Gasteiger partial charge in [0.05, 0.1) is 24.1 Å². The highest BCUT2D eigenvalue weighted by molar-refractivity contribution is 7.08. The summed E-state index contributed by atoms with van der Waals surface area (Å²) in [6.45, 7) is 3.96. The van der Waals surface area contributed by atoms with Gasteiger partial charge in [-0.25, -0.2) is 14.3 Å². The normalized spacial score (nSPS) is 10.9. The van der Waals surface area contributed by atoms with Gasteiger partial charge in [-0.3, -0.25) is 0 Å². The fraction of sp³-hybridized carbons (Fsp3) is 0.214. The molecule has 0 aliphatic carbocycles. The van der Waals surface area contributed by atoms with Crippen LogP contribution in [-0.2, 0) is 4.74 Å². The van der Waals surface area contributed by atoms with E-state index in [2.05, 4.69) is 10.1 Å². The first kappa shape index (κ1) is 12.8. The molecule has 0 fully saturated rings. The molecule has 3 aromatic rings. The smallest absolute Gasteiger partial charge is 0.341 e. The van der Waals surface area contributed by atoms with Gasteiger partial charge in [0.1, 0.15) is 0 Å². The van der Waals surface area contributed by atoms with Crippen molar-refractivity contribution in [2.24, 2.45) is 0 Å². The number of carbonyl (C=O) groups is 1. The van der Waals surface area contributed by atoms with Crippen LogP contribution in [0.4, 0.5) is 0 Å². The van der Waals surface area contributed by atoms with Crippen LogP contribution in [0.1, 0.15) is 23.0 Å². The third-order valence-electron chi connectivity index (χ3n) is 3.09. The summed E-state index contributed by atoms with van der Waals surface area (Å²) in [6.07, 6.45) is 3.33. The number of thiophene rings is 1. The molecule has 20 heavy (non-hydrogen) atoms. The molecular formula is C14H13N3O2S. The standard InChI is InChI=1S/C14H13N3O2S/c1-3-19-14(18)11-6-15-13-12(10-4-5-20-8-10)7-16-17(13)9(11)2/h4-8H,3H2,1-2H3. The van der Waals surface area contributed by atoms with E-state index >= 15 is 0 Å². The lowest BCUT2D eigenvalue weighted by Crippen LogP contribution is -2.11. The van der Waals surface area contributed by atoms with Crippen molar-refractivity contribution in [3.05, 3.63) is 40.5 Å². The van der Waals surface area contributed by atoms with Crippen LogP contribution in [0.25, 0.3) is 16.8 Å². The van der Waals surface area contributed by atoms with E-state index in [1.54, 1.807) is 35.2 Å². The van der Waals surface area contributed by atoms with Crippen molar-refractivity contribution in [1.29, 1.82) is 0 Å². The van der Waals surface area contributed by atoms with Gasteiger partial charge in [-0.2, -0.15) is 16.4 Å². The topological polar surface area (TPSA) is 56.5 Å². The number of hydrogen-bond donors (Lipinski definition) is 0. The first-order valence-corrected chi connectivity index (χ1v) is 7.19. The fourth-order valence-electron chi connectivity index (χ4n) is 2.08. The van der Waals surface area contributed by atoms with E-state index in [0.717, 1.165) is 22.5 Å². The molecule has 0 bridgehead atoms. The number of ether oxygens (including phenoxy) is 1. The van der Waals surface area contributed by atoms with Crippen molar-refractivity contribution < 1.29 is 9.53 Å². The highest BCUT2D eigenvalue weighted by atomic mass is 32.1. The molecule has 6 heteroatoms. The zero-order chi connectivity index (χ0) is 14.1. The van der Waals surface area contributed by atoms with Gasteiger partial charge in [-0.05, 0) is 36.2 Å². The van der Waals surface area contributed by atoms with E-state index in [1.165, 1.54) is 0 Å². The van der Waals surface area contributed by atoms with Crippen molar-refractivity contribution in [3.63, 3.8) is 0 Å². The van der Waals surface area contributed by atoms with Gasteiger partial charge in [0.2, 0.25) is 0 Å². The summed E-state index contributed by atoms with van der Waals surface area (Å²) in [5.74, 6) is -0.369. The second-order valence-corrected chi connectivity index (χ2v) is 5.06. The molecule has 0 amide bonds. The van der Waals surface area contributed by atoms with Gasteiger partial charge in [0, 0.05) is 11.8 Å². The molecule has 0 N–H and O–H groups in total. The van der Waals surface area contributed by atoms with E-state index in [1.807, 2.05) is 23.8 Å². The van der Waals surface area contributed by atoms with E-state index in [9.17, 15) is 4.79 Å². The highest BCUT2D eigenvalue weighted by Gasteiger charge is 2.16. The zero-order valence-corrected chi connectivity index (χ0v) is 12.0. The third kappa shape index (κ3) is 1.98. The highest BCUT2D eigenvalue weighted by Crippen LogP contribution is 2.26. The number of carbonyl (C=O) groups excluding carboxylic acids is 1. The van der Waals surface area contributed by atoms with Gasteiger partial charge < -0.3 is 4.74 Å². The molecule has 0 aliphatic heterocycles. The molecule has 0 aliphatic rings. The molecule has 0 radical (unpaired) electrons. The minimum Gasteiger partial charge on any atom is -0.462 e. The van der Waals surface area contributed by atoms with Crippen molar-refractivity contribution in [2.75, 3.05) is 6.61 Å². The quantitative estimate of drug-likeness (QED) is 0.695. The molecule has 102 valence electrons. The maximum Gasteiger partial charge on any atom is 0.341 e. The minimum absolute atomic E-state index is 0.343. The number of rotatable bonds is 3. The molecule has 0 spiro atoms. The van der Waals surface area contributed by atoms with Crippen LogP contribution >= 0.6 is 11.3 Å². The summed E-state index contributed by atoms with van der Waals surface area (Å²) in [6, 6.07) is 2.03. The summed E-state index contributed by atoms with van der Waals surface area (Å²) < 4.78 is 6.70. The van der Waals surface area contributed by atoms with Crippen LogP contribution in [-0.4, -0.2) is 27.2 Å². The average molecular weight is 287 g/mol. The minimum atomic E-state index is -0.369. The molecule has 5 nitrogen and oxygen atoms in total. The Balaban J connectivity index is 2.14. The van der Waals surface area contributed by atoms with E-state index in [0.29, 0.717) is 12.2 Å². The van der Waals surface area contributed by atoms with E-state index < -0.39 is 0 Å². The Labute approximate surface area is 119 Å². The molecule has 0 saturated heterocycles. The van der Waals surface area contributed by atoms with Crippen LogP contribution < -0.4 is 0 Å². The maximum absolute atomic E-state index is 11.8. The number of esters is 1. The van der Waals surface area contributed by atoms with Gasteiger partial charge in [-0.15, -0.1) is 0 Å². The van der Waals surface area contributed by atoms with Crippen molar-refractivity contribution in [2.45, 2.75) is 13.8 Å². The summed E-state index contributed by atoms with van der Waals surface area (Å²) in [5.41, 5.74) is 3.97. The van der Waals surface area contributed by atoms with Gasteiger partial charge >= 0.3 is 5.97 Å². The zero-order valence-electron chi connectivity index (χ0n) is 11.2. The van der Waals surface area contributed by atoms with E-state index in [4.69, 9.17) is 4.74 Å². The van der Waals surface area contributed by atoms with Crippen LogP contribution in [0.2, 0.25) is 0 Å². The summed E-state index contributed by atoms with van der Waals surface area (Å²) >= 11 is 1.63. The van der Waals surface area contributed by atoms with Gasteiger partial charge in [0.25, 0.3) is 0 Å². The molecule has 0 aromatic carbocycles. The van der Waals surface area contributed by atoms with E-state index in [-0.39, 0.29) is 5.97 Å². The molecule has 0 atom stereocenters. The Morgan fingerprint density at radius 2 is 2.30 bits per heavy atom. The van der Waals surface area contributed by atoms with Crippen LogP contribution in [0.3, 0.4) is 0 Å². The average Bonchev–Trinajstić information content (AvgIpc) is 3.07. The van der Waals surface area contributed by atoms with Gasteiger partial charge in [-0.1, -0.05) is 0 Å². The predicted molar refractivity (Wildman–Crippen MR) is 77.0 cm³/mol. The van der Waals surface area contributed by atoms with Gasteiger partial charge in [0.15, 0.2) is 5.65 Å². The van der Waals surface area contributed by atoms with Crippen LogP contribution in [0.5, 0.6) is 0 Å². The van der Waals surface area contributed by atoms with Crippen molar-refractivity contribution in [1.82, 2.24) is 14.6 Å². The van der Waals surface area contributed by atoms with Crippen LogP contribution in [0.15, 0.2) is 29.2 Å². The summed E-state index contributed by atoms with van der Waals surface area (Å²) in [4.78, 5) is 16.2. The monoisotopic (exact) mass is 287 g/mol. The number of fused-ring (bicyclic) bond motifs is 1. The molecule has 0 unspecified atom stereocenters. The molecular weight excluding hydrogens is 274 g/mol. The Morgan fingerprint density at radius 3 is 3.00 bits per heavy atom. The maximum atomic E-state index is 11.8. The number of aromatic nitrogens is 3. The van der Waals surface area contributed by atoms with Crippen LogP contribution in [0, 0.1) is 6.92 Å². The Bertz CT molecular complexity index is 762. The lowest BCUT2D eigenvalue weighted by atomic mass is 10.2. The van der Waals surface area contributed by atoms with Crippen molar-refractivity contribution >= 4 is 23.0 Å². The Kier molecular flexibility index (Phi) is 3.23. The SMILES string of the molecule is CCOC(=O)c1cnc2c(-c3ccsc3)cnn2c1C. The number of aryl methyl sites for hydroxylation is 1. The second kappa shape index (κ2) is 5.05. The lowest BCUT2D eigenvalue weighted by Gasteiger charge is -2.06. The molecule has 3 heterocycles. The number of nitrogens with zero attached hydrogens (tertiary/aromatic N) is 3. The van der Waals surface area contributed by atoms with Crippen molar-refractivity contribution in [3.8, 4) is 11.1 Å². The Morgan fingerprint density at radius 1 is 1.45 bits per heavy atom. The number of hydrogen-bond acceptors (Lipinski definition) is 5. The Hall–Kier alpha value is -2.21. The third-order valence-corrected chi connectivity index (χ3v) is 3.78. The first-order valence-electron chi connectivity index (χ1n) is 6.25. The second-order valence-electron chi connectivity index (χ2n) is 4.28. The summed E-state index contributed by atoms with van der Waals surface area (Å²) in [5, 5.41) is 8.39. The first-order chi connectivity index (χ1) is 9.72. The molecule has 0 saturated carbocycles. The lowest BCUT2D eigenvalue weighted by molar-refractivity contribution is 0.0524.